The second kappa shape index (κ2) is 6.11. The summed E-state index contributed by atoms with van der Waals surface area (Å²) in [5.74, 6) is -1.80. The quantitative estimate of drug-likeness (QED) is 0.901. The second-order valence-electron chi connectivity index (χ2n) is 4.67. The Kier molecular flexibility index (Phi) is 4.52. The monoisotopic (exact) mass is 360 g/mol. The van der Waals surface area contributed by atoms with E-state index in [0.29, 0.717) is 0 Å². The fourth-order valence-corrected chi connectivity index (χ4v) is 3.51. The Morgan fingerprint density at radius 2 is 1.83 bits per heavy atom. The number of hydrogen-bond acceptors (Lipinski definition) is 5. The SMILES string of the molecule is Cc1ncc(C(N)=O)cc1S(=O)(=O)c1ccccc1OC(F)(F)F. The molecule has 0 saturated carbocycles. The molecule has 0 aliphatic heterocycles. The number of aryl methyl sites for hydroxylation is 1. The van der Waals surface area contributed by atoms with Crippen LogP contribution in [0.2, 0.25) is 0 Å². The van der Waals surface area contributed by atoms with Crippen LogP contribution >= 0.6 is 0 Å². The zero-order valence-electron chi connectivity index (χ0n) is 12.2. The molecule has 0 aliphatic carbocycles. The molecule has 0 saturated heterocycles. The van der Waals surface area contributed by atoms with Gasteiger partial charge in [-0.25, -0.2) is 8.42 Å². The number of halogens is 3. The maximum absolute atomic E-state index is 12.7. The summed E-state index contributed by atoms with van der Waals surface area (Å²) in [5.41, 5.74) is 4.90. The van der Waals surface area contributed by atoms with Gasteiger partial charge in [-0.2, -0.15) is 0 Å². The third-order valence-electron chi connectivity index (χ3n) is 2.98. The van der Waals surface area contributed by atoms with E-state index in [1.165, 1.54) is 19.1 Å². The Morgan fingerprint density at radius 3 is 2.42 bits per heavy atom. The zero-order valence-corrected chi connectivity index (χ0v) is 13.0. The van der Waals surface area contributed by atoms with Crippen LogP contribution in [0, 0.1) is 6.92 Å². The first-order valence-corrected chi connectivity index (χ1v) is 7.87. The Bertz CT molecular complexity index is 895. The molecule has 1 aromatic carbocycles. The highest BCUT2D eigenvalue weighted by molar-refractivity contribution is 7.91. The number of carbonyl (C=O) groups is 1. The van der Waals surface area contributed by atoms with Crippen molar-refractivity contribution in [3.05, 3.63) is 47.8 Å². The number of primary amides is 1. The topological polar surface area (TPSA) is 99.4 Å². The molecule has 0 radical (unpaired) electrons. The molecule has 0 atom stereocenters. The number of hydrogen-bond donors (Lipinski definition) is 1. The maximum atomic E-state index is 12.7. The molecular weight excluding hydrogens is 349 g/mol. The molecule has 1 aromatic heterocycles. The third-order valence-corrected chi connectivity index (χ3v) is 4.89. The number of amides is 1. The number of sulfone groups is 1. The molecule has 10 heteroatoms. The van der Waals surface area contributed by atoms with Gasteiger partial charge in [-0.3, -0.25) is 9.78 Å². The summed E-state index contributed by atoms with van der Waals surface area (Å²) >= 11 is 0. The molecule has 0 unspecified atom stereocenters. The summed E-state index contributed by atoms with van der Waals surface area (Å²) in [4.78, 5) is 13.8. The smallest absolute Gasteiger partial charge is 0.404 e. The molecule has 2 N–H and O–H groups in total. The molecule has 0 spiro atoms. The summed E-state index contributed by atoms with van der Waals surface area (Å²) in [6.45, 7) is 1.34. The molecule has 6 nitrogen and oxygen atoms in total. The summed E-state index contributed by atoms with van der Waals surface area (Å²) in [6, 6.07) is 5.25. The highest BCUT2D eigenvalue weighted by atomic mass is 32.2. The maximum Gasteiger partial charge on any atom is 0.573 e. The standard InChI is InChI=1S/C14H11F3N2O4S/c1-8-12(6-9(7-19-8)13(18)20)24(21,22)11-5-3-2-4-10(11)23-14(15,16)17/h2-7H,1H3,(H2,18,20). The van der Waals surface area contributed by atoms with Crippen molar-refractivity contribution in [2.24, 2.45) is 5.73 Å². The van der Waals surface area contributed by atoms with Gasteiger partial charge >= 0.3 is 6.36 Å². The summed E-state index contributed by atoms with van der Waals surface area (Å²) in [5, 5.41) is 0. The van der Waals surface area contributed by atoms with Gasteiger partial charge in [-0.15, -0.1) is 13.2 Å². The van der Waals surface area contributed by atoms with E-state index >= 15 is 0 Å². The van der Waals surface area contributed by atoms with E-state index in [1.807, 2.05) is 0 Å². The van der Waals surface area contributed by atoms with E-state index in [2.05, 4.69) is 9.72 Å². The molecule has 0 fully saturated rings. The van der Waals surface area contributed by atoms with E-state index in [9.17, 15) is 26.4 Å². The largest absolute Gasteiger partial charge is 0.573 e. The van der Waals surface area contributed by atoms with E-state index in [0.717, 1.165) is 24.4 Å². The lowest BCUT2D eigenvalue weighted by atomic mass is 10.2. The lowest BCUT2D eigenvalue weighted by molar-refractivity contribution is -0.275. The van der Waals surface area contributed by atoms with Crippen molar-refractivity contribution in [2.45, 2.75) is 23.1 Å². The first-order chi connectivity index (χ1) is 11.0. The van der Waals surface area contributed by atoms with Gasteiger partial charge in [0.1, 0.15) is 10.6 Å². The van der Waals surface area contributed by atoms with Crippen LogP contribution in [0.3, 0.4) is 0 Å². The van der Waals surface area contributed by atoms with Gasteiger partial charge in [-0.05, 0) is 25.1 Å². The van der Waals surface area contributed by atoms with Gasteiger partial charge in [0.2, 0.25) is 15.7 Å². The number of ether oxygens (including phenoxy) is 1. The fraction of sp³-hybridized carbons (Fsp3) is 0.143. The van der Waals surface area contributed by atoms with Crippen molar-refractivity contribution in [3.63, 3.8) is 0 Å². The van der Waals surface area contributed by atoms with Crippen LogP contribution in [0.25, 0.3) is 0 Å². The van der Waals surface area contributed by atoms with Crippen molar-refractivity contribution in [1.82, 2.24) is 4.98 Å². The van der Waals surface area contributed by atoms with Crippen molar-refractivity contribution in [3.8, 4) is 5.75 Å². The lowest BCUT2D eigenvalue weighted by Crippen LogP contribution is -2.19. The molecule has 0 bridgehead atoms. The van der Waals surface area contributed by atoms with E-state index in [4.69, 9.17) is 5.73 Å². The molecular formula is C14H11F3N2O4S. The van der Waals surface area contributed by atoms with Crippen LogP contribution in [0.1, 0.15) is 16.1 Å². The summed E-state index contributed by atoms with van der Waals surface area (Å²) in [7, 11) is -4.42. The van der Waals surface area contributed by atoms with E-state index in [-0.39, 0.29) is 11.3 Å². The molecule has 2 aromatic rings. The van der Waals surface area contributed by atoms with Gasteiger partial charge in [0.15, 0.2) is 0 Å². The highest BCUT2D eigenvalue weighted by Gasteiger charge is 2.34. The van der Waals surface area contributed by atoms with Gasteiger partial charge in [0.25, 0.3) is 0 Å². The zero-order chi connectivity index (χ0) is 18.1. The number of nitrogens with two attached hydrogens (primary N) is 1. The molecule has 24 heavy (non-hydrogen) atoms. The van der Waals surface area contributed by atoms with Crippen molar-refractivity contribution >= 4 is 15.7 Å². The van der Waals surface area contributed by atoms with E-state index in [1.54, 1.807) is 0 Å². The van der Waals surface area contributed by atoms with Crippen LogP contribution in [-0.2, 0) is 9.84 Å². The van der Waals surface area contributed by atoms with Crippen molar-refractivity contribution in [2.75, 3.05) is 0 Å². The van der Waals surface area contributed by atoms with Crippen molar-refractivity contribution in [1.29, 1.82) is 0 Å². The number of nitrogens with zero attached hydrogens (tertiary/aromatic N) is 1. The molecule has 1 heterocycles. The minimum atomic E-state index is -5.06. The van der Waals surface area contributed by atoms with Crippen LogP contribution in [-0.4, -0.2) is 25.7 Å². The Hall–Kier alpha value is -2.62. The predicted molar refractivity (Wildman–Crippen MR) is 76.1 cm³/mol. The number of alkyl halides is 3. The molecule has 1 amide bonds. The number of aromatic nitrogens is 1. The molecule has 0 aliphatic rings. The predicted octanol–water partition coefficient (Wildman–Crippen LogP) is 2.22. The molecule has 128 valence electrons. The van der Waals surface area contributed by atoms with Crippen LogP contribution in [0.4, 0.5) is 13.2 Å². The second-order valence-corrected chi connectivity index (χ2v) is 6.56. The fourth-order valence-electron chi connectivity index (χ4n) is 1.92. The van der Waals surface area contributed by atoms with Crippen molar-refractivity contribution < 1.29 is 31.1 Å². The van der Waals surface area contributed by atoms with Gasteiger partial charge in [-0.1, -0.05) is 12.1 Å². The first kappa shape index (κ1) is 17.7. The van der Waals surface area contributed by atoms with Crippen LogP contribution < -0.4 is 10.5 Å². The van der Waals surface area contributed by atoms with Crippen LogP contribution in [0.5, 0.6) is 5.75 Å². The Balaban J connectivity index is 2.65. The summed E-state index contributed by atoms with van der Waals surface area (Å²) in [6.07, 6.45) is -3.98. The number of carbonyl (C=O) groups excluding carboxylic acids is 1. The van der Waals surface area contributed by atoms with Gasteiger partial charge in [0.05, 0.1) is 16.2 Å². The average molecular weight is 360 g/mol. The minimum absolute atomic E-state index is 0.00168. The third kappa shape index (κ3) is 3.65. The Morgan fingerprint density at radius 1 is 1.21 bits per heavy atom. The minimum Gasteiger partial charge on any atom is -0.404 e. The van der Waals surface area contributed by atoms with Gasteiger partial charge < -0.3 is 10.5 Å². The van der Waals surface area contributed by atoms with Crippen LogP contribution in [0.15, 0.2) is 46.3 Å². The average Bonchev–Trinajstić information content (AvgIpc) is 2.46. The number of benzene rings is 1. The normalized spacial score (nSPS) is 12.0. The molecule has 2 rings (SSSR count). The lowest BCUT2D eigenvalue weighted by Gasteiger charge is -2.14. The Labute approximate surface area is 135 Å². The van der Waals surface area contributed by atoms with E-state index < -0.39 is 37.6 Å². The van der Waals surface area contributed by atoms with Gasteiger partial charge in [0, 0.05) is 6.20 Å². The first-order valence-electron chi connectivity index (χ1n) is 6.38. The number of para-hydroxylation sites is 1. The highest BCUT2D eigenvalue weighted by Crippen LogP contribution is 2.33. The number of pyridine rings is 1. The summed E-state index contributed by atoms with van der Waals surface area (Å²) < 4.78 is 66.6. The number of rotatable bonds is 4.